The molecule has 3 heterocycles. The fraction of sp³-hybridized carbons (Fsp3) is 0.400. The maximum absolute atomic E-state index is 15.3. The lowest BCUT2D eigenvalue weighted by Crippen LogP contribution is -2.57. The zero-order valence-corrected chi connectivity index (χ0v) is 20.1. The van der Waals surface area contributed by atoms with Crippen molar-refractivity contribution in [2.45, 2.75) is 49.7 Å². The van der Waals surface area contributed by atoms with Crippen LogP contribution < -0.4 is 5.32 Å². The molecule has 35 heavy (non-hydrogen) atoms. The summed E-state index contributed by atoms with van der Waals surface area (Å²) in [5.74, 6) is -0.854. The minimum Gasteiger partial charge on any atom is -0.448 e. The van der Waals surface area contributed by atoms with Crippen LogP contribution in [0.5, 0.6) is 0 Å². The normalized spacial score (nSPS) is 23.6. The van der Waals surface area contributed by atoms with Crippen LogP contribution in [0.1, 0.15) is 47.6 Å². The average Bonchev–Trinajstić information content (AvgIpc) is 3.32. The number of benzene rings is 2. The molecule has 0 aliphatic carbocycles. The van der Waals surface area contributed by atoms with Gasteiger partial charge in [0.15, 0.2) is 0 Å². The van der Waals surface area contributed by atoms with Crippen molar-refractivity contribution in [1.29, 1.82) is 0 Å². The number of hydrogen-bond acceptors (Lipinski definition) is 6. The van der Waals surface area contributed by atoms with Gasteiger partial charge in [0.2, 0.25) is 15.9 Å². The van der Waals surface area contributed by atoms with Crippen molar-refractivity contribution in [3.05, 3.63) is 89.1 Å². The monoisotopic (exact) mass is 503 g/mol. The van der Waals surface area contributed by atoms with Gasteiger partial charge in [-0.1, -0.05) is 30.3 Å². The molecule has 2 fully saturated rings. The molecule has 2 atom stereocenters. The first-order chi connectivity index (χ1) is 16.8. The molecule has 0 radical (unpaired) electrons. The largest absolute Gasteiger partial charge is 0.448 e. The molecule has 0 saturated carbocycles. The Balaban J connectivity index is 1.40. The van der Waals surface area contributed by atoms with E-state index in [2.05, 4.69) is 10.3 Å². The van der Waals surface area contributed by atoms with E-state index in [1.54, 1.807) is 31.2 Å². The van der Waals surface area contributed by atoms with Gasteiger partial charge in [0.05, 0.1) is 31.5 Å². The Labute approximate surface area is 203 Å². The van der Waals surface area contributed by atoms with Crippen LogP contribution in [-0.2, 0) is 33.4 Å². The summed E-state index contributed by atoms with van der Waals surface area (Å²) in [6.45, 7) is 2.13. The lowest BCUT2D eigenvalue weighted by atomic mass is 9.86. The average molecular weight is 504 g/mol. The van der Waals surface area contributed by atoms with Gasteiger partial charge in [-0.2, -0.15) is 4.31 Å². The molecule has 186 valence electrons. The van der Waals surface area contributed by atoms with E-state index in [9.17, 15) is 8.42 Å². The van der Waals surface area contributed by atoms with Gasteiger partial charge in [0.25, 0.3) is 0 Å². The third kappa shape index (κ3) is 4.51. The maximum Gasteiger partial charge on any atom is 0.221 e. The van der Waals surface area contributed by atoms with Gasteiger partial charge in [-0.05, 0) is 37.5 Å². The molecule has 2 aliphatic rings. The molecule has 0 unspecified atom stereocenters. The minimum atomic E-state index is -3.77. The lowest BCUT2D eigenvalue weighted by molar-refractivity contribution is -0.0821. The number of aromatic nitrogens is 1. The van der Waals surface area contributed by atoms with Gasteiger partial charge in [-0.3, -0.25) is 5.32 Å². The molecule has 10 heteroatoms. The summed E-state index contributed by atoms with van der Waals surface area (Å²) < 4.78 is 69.4. The van der Waals surface area contributed by atoms with Crippen LogP contribution in [0.4, 0.5) is 8.78 Å². The molecule has 0 bridgehead atoms. The molecule has 1 N–H and O–H groups in total. The quantitative estimate of drug-likeness (QED) is 0.524. The van der Waals surface area contributed by atoms with Gasteiger partial charge in [-0.15, -0.1) is 0 Å². The van der Waals surface area contributed by atoms with Gasteiger partial charge >= 0.3 is 0 Å². The van der Waals surface area contributed by atoms with Crippen molar-refractivity contribution < 1.29 is 26.4 Å². The first-order valence-electron chi connectivity index (χ1n) is 11.6. The van der Waals surface area contributed by atoms with Gasteiger partial charge in [-0.25, -0.2) is 22.2 Å². The third-order valence-corrected chi connectivity index (χ3v) is 9.30. The molecule has 3 aromatic rings. The van der Waals surface area contributed by atoms with Crippen LogP contribution in [0.25, 0.3) is 0 Å². The van der Waals surface area contributed by atoms with Gasteiger partial charge < -0.3 is 9.15 Å². The Morgan fingerprint density at radius 3 is 2.57 bits per heavy atom. The van der Waals surface area contributed by atoms with Crippen LogP contribution in [0.3, 0.4) is 0 Å². The summed E-state index contributed by atoms with van der Waals surface area (Å²) in [6.07, 6.45) is 4.06. The number of nitrogens with one attached hydrogen (secondary N) is 1. The first kappa shape index (κ1) is 24.1. The van der Waals surface area contributed by atoms with Crippen LogP contribution in [0, 0.1) is 11.6 Å². The summed E-state index contributed by atoms with van der Waals surface area (Å²) >= 11 is 0. The Morgan fingerprint density at radius 2 is 1.91 bits per heavy atom. The van der Waals surface area contributed by atoms with E-state index in [0.717, 1.165) is 12.1 Å². The summed E-state index contributed by atoms with van der Waals surface area (Å²) in [5, 5.41) is 2.46. The molecule has 0 amide bonds. The van der Waals surface area contributed by atoms with Crippen molar-refractivity contribution in [2.24, 2.45) is 0 Å². The van der Waals surface area contributed by atoms with E-state index in [0.29, 0.717) is 24.3 Å². The maximum atomic E-state index is 15.3. The molecular weight excluding hydrogens is 476 g/mol. The molecule has 0 spiro atoms. The second-order valence-electron chi connectivity index (χ2n) is 9.19. The molecule has 2 saturated heterocycles. The highest BCUT2D eigenvalue weighted by atomic mass is 32.2. The number of ether oxygens (including phenoxy) is 1. The highest BCUT2D eigenvalue weighted by molar-refractivity contribution is 7.89. The van der Waals surface area contributed by atoms with Crippen LogP contribution in [0.2, 0.25) is 0 Å². The molecule has 5 rings (SSSR count). The second kappa shape index (κ2) is 9.42. The number of hydrogen-bond donors (Lipinski definition) is 1. The topological polar surface area (TPSA) is 84.7 Å². The van der Waals surface area contributed by atoms with Crippen LogP contribution in [-0.4, -0.2) is 37.0 Å². The van der Waals surface area contributed by atoms with E-state index in [-0.39, 0.29) is 43.5 Å². The zero-order valence-electron chi connectivity index (χ0n) is 19.3. The van der Waals surface area contributed by atoms with Gasteiger partial charge in [0.1, 0.15) is 23.1 Å². The Bertz CT molecular complexity index is 1280. The van der Waals surface area contributed by atoms with Crippen molar-refractivity contribution in [2.75, 3.05) is 13.2 Å². The zero-order chi connectivity index (χ0) is 24.6. The number of oxazole rings is 1. The van der Waals surface area contributed by atoms with E-state index >= 15 is 8.78 Å². The summed E-state index contributed by atoms with van der Waals surface area (Å²) in [6, 6.07) is 10.9. The number of halogens is 2. The molecule has 1 aromatic heterocycles. The first-order valence-corrected chi connectivity index (χ1v) is 13.1. The van der Waals surface area contributed by atoms with E-state index in [1.165, 1.54) is 16.8 Å². The lowest BCUT2D eigenvalue weighted by Gasteiger charge is -2.43. The van der Waals surface area contributed by atoms with Crippen LogP contribution in [0.15, 0.2) is 59.3 Å². The standard InChI is InChI=1S/C25H27F2N3O4S/c1-17-7-8-23(18-5-3-2-4-6-18)35(31,32)30(17)14-19-11-22(27)20(12-21(19)26)25(15-33-16-25)29-13-24-28-9-10-34-24/h2-6,9-12,17,23,29H,7-8,13-16H2,1H3/t17-,23+/m0/s1. The summed E-state index contributed by atoms with van der Waals surface area (Å²) in [4.78, 5) is 4.04. The fourth-order valence-corrected chi connectivity index (χ4v) is 7.03. The fourth-order valence-electron chi connectivity index (χ4n) is 4.84. The highest BCUT2D eigenvalue weighted by Gasteiger charge is 2.44. The summed E-state index contributed by atoms with van der Waals surface area (Å²) in [7, 11) is -3.77. The van der Waals surface area contributed by atoms with Crippen molar-refractivity contribution in [1.82, 2.24) is 14.6 Å². The predicted molar refractivity (Wildman–Crippen MR) is 125 cm³/mol. The summed E-state index contributed by atoms with van der Waals surface area (Å²) in [5.41, 5.74) is -0.0805. The number of sulfonamides is 1. The SMILES string of the molecule is C[C@H]1CC[C@H](c2ccccc2)S(=O)(=O)N1Cc1cc(F)c(C2(NCc3ncco3)COC2)cc1F. The van der Waals surface area contributed by atoms with E-state index in [1.807, 2.05) is 6.07 Å². The molecule has 7 nitrogen and oxygen atoms in total. The Morgan fingerprint density at radius 1 is 1.14 bits per heavy atom. The van der Waals surface area contributed by atoms with Gasteiger partial charge in [0, 0.05) is 23.7 Å². The molecule has 2 aromatic carbocycles. The highest BCUT2D eigenvalue weighted by Crippen LogP contribution is 2.39. The molecular formula is C25H27F2N3O4S. The molecule has 2 aliphatic heterocycles. The number of nitrogens with zero attached hydrogens (tertiary/aromatic N) is 2. The minimum absolute atomic E-state index is 0.00141. The number of rotatable bonds is 7. The van der Waals surface area contributed by atoms with E-state index in [4.69, 9.17) is 9.15 Å². The smallest absolute Gasteiger partial charge is 0.221 e. The second-order valence-corrected chi connectivity index (χ2v) is 11.3. The predicted octanol–water partition coefficient (Wildman–Crippen LogP) is 4.02. The Hall–Kier alpha value is -2.66. The Kier molecular flexibility index (Phi) is 6.47. The van der Waals surface area contributed by atoms with Crippen molar-refractivity contribution in [3.63, 3.8) is 0 Å². The van der Waals surface area contributed by atoms with E-state index < -0.39 is 32.4 Å². The third-order valence-electron chi connectivity index (χ3n) is 6.93. The van der Waals surface area contributed by atoms with Crippen molar-refractivity contribution >= 4 is 10.0 Å². The van der Waals surface area contributed by atoms with Crippen molar-refractivity contribution in [3.8, 4) is 0 Å². The van der Waals surface area contributed by atoms with Crippen LogP contribution >= 0.6 is 0 Å².